The number of carbonyl (C=O) groups excluding carboxylic acids is 1. The summed E-state index contributed by atoms with van der Waals surface area (Å²) in [6.45, 7) is -3.44. The van der Waals surface area contributed by atoms with E-state index >= 15 is 0 Å². The average molecular weight is 398 g/mol. The van der Waals surface area contributed by atoms with Crippen LogP contribution in [0, 0.1) is 5.82 Å². The maximum atomic E-state index is 13.0. The molecular formula is C18H17F3N2O5. The molecule has 7 nitrogen and oxygen atoms in total. The molecule has 0 fully saturated rings. The normalized spacial score (nSPS) is 10.8. The van der Waals surface area contributed by atoms with Crippen molar-refractivity contribution in [3.05, 3.63) is 47.8 Å². The summed E-state index contributed by atoms with van der Waals surface area (Å²) < 4.78 is 57.6. The first kappa shape index (κ1) is 20.9. The fraction of sp³-hybridized carbons (Fsp3) is 0.222. The molecule has 150 valence electrons. The van der Waals surface area contributed by atoms with Crippen LogP contribution in [0.2, 0.25) is 0 Å². The summed E-state index contributed by atoms with van der Waals surface area (Å²) in [5.74, 6) is -1.13. The Balaban J connectivity index is 2.00. The highest BCUT2D eigenvalue weighted by molar-refractivity contribution is 5.84. The van der Waals surface area contributed by atoms with E-state index in [1.54, 1.807) is 0 Å². The van der Waals surface area contributed by atoms with Crippen molar-refractivity contribution < 1.29 is 36.9 Å². The number of halogens is 3. The van der Waals surface area contributed by atoms with Crippen molar-refractivity contribution in [3.8, 4) is 23.0 Å². The van der Waals surface area contributed by atoms with E-state index in [1.165, 1.54) is 50.8 Å². The summed E-state index contributed by atoms with van der Waals surface area (Å²) >= 11 is 0. The van der Waals surface area contributed by atoms with Crippen molar-refractivity contribution >= 4 is 12.1 Å². The monoisotopic (exact) mass is 398 g/mol. The number of carbonyl (C=O) groups is 1. The van der Waals surface area contributed by atoms with Gasteiger partial charge in [-0.15, -0.1) is 0 Å². The molecule has 0 aliphatic carbocycles. The quantitative estimate of drug-likeness (QED) is 0.519. The zero-order valence-corrected chi connectivity index (χ0v) is 14.9. The van der Waals surface area contributed by atoms with E-state index in [1.807, 2.05) is 0 Å². The maximum absolute atomic E-state index is 13.0. The Morgan fingerprint density at radius 3 is 2.43 bits per heavy atom. The van der Waals surface area contributed by atoms with Crippen molar-refractivity contribution in [3.63, 3.8) is 0 Å². The number of benzene rings is 2. The number of alkyl halides is 2. The molecule has 2 rings (SSSR count). The molecule has 10 heteroatoms. The van der Waals surface area contributed by atoms with Crippen LogP contribution in [0.15, 0.2) is 41.5 Å². The molecule has 2 aromatic carbocycles. The average Bonchev–Trinajstić information content (AvgIpc) is 2.66. The van der Waals surface area contributed by atoms with Gasteiger partial charge in [0.1, 0.15) is 11.6 Å². The summed E-state index contributed by atoms with van der Waals surface area (Å²) in [6.07, 6.45) is 1.25. The minimum Gasteiger partial charge on any atom is -0.493 e. The number of methoxy groups -OCH3 is 2. The minimum absolute atomic E-state index is 0.00173. The lowest BCUT2D eigenvalue weighted by molar-refractivity contribution is -0.123. The zero-order valence-electron chi connectivity index (χ0n) is 14.9. The maximum Gasteiger partial charge on any atom is 0.387 e. The first-order valence-electron chi connectivity index (χ1n) is 7.84. The van der Waals surface area contributed by atoms with Gasteiger partial charge in [-0.3, -0.25) is 4.79 Å². The Morgan fingerprint density at radius 2 is 1.86 bits per heavy atom. The minimum atomic E-state index is -3.06. The zero-order chi connectivity index (χ0) is 20.5. The van der Waals surface area contributed by atoms with Crippen LogP contribution in [0.1, 0.15) is 5.56 Å². The molecule has 1 N–H and O–H groups in total. The molecule has 0 aliphatic heterocycles. The molecule has 28 heavy (non-hydrogen) atoms. The Morgan fingerprint density at radius 1 is 1.18 bits per heavy atom. The number of ether oxygens (including phenoxy) is 4. The first-order valence-corrected chi connectivity index (χ1v) is 7.84. The van der Waals surface area contributed by atoms with E-state index in [0.29, 0.717) is 5.56 Å². The van der Waals surface area contributed by atoms with Crippen molar-refractivity contribution in [2.24, 2.45) is 5.10 Å². The third-order valence-corrected chi connectivity index (χ3v) is 3.26. The van der Waals surface area contributed by atoms with Gasteiger partial charge in [-0.25, -0.2) is 9.82 Å². The van der Waals surface area contributed by atoms with Gasteiger partial charge < -0.3 is 18.9 Å². The molecular weight excluding hydrogens is 381 g/mol. The lowest BCUT2D eigenvalue weighted by atomic mass is 10.2. The molecule has 0 aromatic heterocycles. The smallest absolute Gasteiger partial charge is 0.387 e. The summed E-state index contributed by atoms with van der Waals surface area (Å²) in [4.78, 5) is 11.7. The van der Waals surface area contributed by atoms with Crippen LogP contribution in [0.5, 0.6) is 23.0 Å². The molecule has 0 bridgehead atoms. The number of amides is 1. The van der Waals surface area contributed by atoms with E-state index in [2.05, 4.69) is 15.3 Å². The van der Waals surface area contributed by atoms with Gasteiger partial charge in [0.2, 0.25) is 5.75 Å². The summed E-state index contributed by atoms with van der Waals surface area (Å²) in [7, 11) is 2.55. The molecule has 0 saturated carbocycles. The van der Waals surface area contributed by atoms with Gasteiger partial charge in [0.25, 0.3) is 5.91 Å². The number of nitrogens with one attached hydrogen (secondary N) is 1. The highest BCUT2D eigenvalue weighted by Crippen LogP contribution is 2.39. The van der Waals surface area contributed by atoms with Gasteiger partial charge in [0.05, 0.1) is 20.4 Å². The third kappa shape index (κ3) is 6.08. The molecule has 1 amide bonds. The molecule has 0 atom stereocenters. The van der Waals surface area contributed by atoms with E-state index in [-0.39, 0.29) is 29.6 Å². The second-order valence-electron chi connectivity index (χ2n) is 5.17. The second-order valence-corrected chi connectivity index (χ2v) is 5.17. The van der Waals surface area contributed by atoms with Crippen molar-refractivity contribution in [1.29, 1.82) is 0 Å². The van der Waals surface area contributed by atoms with Gasteiger partial charge in [0, 0.05) is 11.6 Å². The highest BCUT2D eigenvalue weighted by Gasteiger charge is 2.17. The number of nitrogens with zero attached hydrogens (tertiary/aromatic N) is 1. The van der Waals surface area contributed by atoms with Crippen LogP contribution >= 0.6 is 0 Å². The Labute approximate surface area is 158 Å². The lowest BCUT2D eigenvalue weighted by Gasteiger charge is -2.14. The summed E-state index contributed by atoms with van der Waals surface area (Å²) in [5.41, 5.74) is 2.61. The predicted molar refractivity (Wildman–Crippen MR) is 93.8 cm³/mol. The fourth-order valence-corrected chi connectivity index (χ4v) is 2.10. The van der Waals surface area contributed by atoms with Crippen LogP contribution in [-0.2, 0) is 4.79 Å². The summed E-state index contributed by atoms with van der Waals surface area (Å²) in [5, 5.41) is 3.73. The molecule has 0 radical (unpaired) electrons. The van der Waals surface area contributed by atoms with Crippen molar-refractivity contribution in [2.75, 3.05) is 20.8 Å². The van der Waals surface area contributed by atoms with E-state index in [0.717, 1.165) is 6.07 Å². The number of hydrogen-bond donors (Lipinski definition) is 1. The SMILES string of the molecule is COc1cc(/C=N\NC(=O)COc2cccc(F)c2)cc(OC)c1OC(F)F. The van der Waals surface area contributed by atoms with Gasteiger partial charge in [-0.05, 0) is 24.3 Å². The number of hydrazone groups is 1. The van der Waals surface area contributed by atoms with E-state index in [4.69, 9.17) is 14.2 Å². The molecule has 0 saturated heterocycles. The molecule has 0 spiro atoms. The van der Waals surface area contributed by atoms with Gasteiger partial charge in [-0.2, -0.15) is 13.9 Å². The van der Waals surface area contributed by atoms with Gasteiger partial charge >= 0.3 is 6.61 Å². The summed E-state index contributed by atoms with van der Waals surface area (Å²) in [6, 6.07) is 8.08. The molecule has 0 unspecified atom stereocenters. The highest BCUT2D eigenvalue weighted by atomic mass is 19.3. The van der Waals surface area contributed by atoms with Crippen LogP contribution in [0.4, 0.5) is 13.2 Å². The third-order valence-electron chi connectivity index (χ3n) is 3.26. The standard InChI is InChI=1S/C18H17F3N2O5/c1-25-14-6-11(7-15(26-2)17(14)28-18(20)21)9-22-23-16(24)10-27-13-5-3-4-12(19)8-13/h3-9,18H,10H2,1-2H3,(H,23,24)/b22-9-. The largest absolute Gasteiger partial charge is 0.493 e. The lowest BCUT2D eigenvalue weighted by Crippen LogP contribution is -2.24. The van der Waals surface area contributed by atoms with E-state index < -0.39 is 18.3 Å². The van der Waals surface area contributed by atoms with E-state index in [9.17, 15) is 18.0 Å². The Hall–Kier alpha value is -3.43. The Kier molecular flexibility index (Phi) is 7.49. The predicted octanol–water partition coefficient (Wildman–Crippen LogP) is 2.97. The van der Waals surface area contributed by atoms with Gasteiger partial charge in [-0.1, -0.05) is 6.07 Å². The van der Waals surface area contributed by atoms with Crippen LogP contribution in [-0.4, -0.2) is 39.6 Å². The second kappa shape index (κ2) is 10.0. The topological polar surface area (TPSA) is 78.4 Å². The first-order chi connectivity index (χ1) is 13.4. The number of rotatable bonds is 9. The van der Waals surface area contributed by atoms with Crippen molar-refractivity contribution in [2.45, 2.75) is 6.61 Å². The Bertz CT molecular complexity index is 821. The number of hydrogen-bond acceptors (Lipinski definition) is 6. The van der Waals surface area contributed by atoms with Crippen molar-refractivity contribution in [1.82, 2.24) is 5.43 Å². The van der Waals surface area contributed by atoms with Crippen LogP contribution in [0.25, 0.3) is 0 Å². The molecule has 0 heterocycles. The molecule has 0 aliphatic rings. The fourth-order valence-electron chi connectivity index (χ4n) is 2.10. The van der Waals surface area contributed by atoms with Crippen LogP contribution < -0.4 is 24.4 Å². The van der Waals surface area contributed by atoms with Gasteiger partial charge in [0.15, 0.2) is 18.1 Å². The van der Waals surface area contributed by atoms with Crippen LogP contribution in [0.3, 0.4) is 0 Å². The molecule has 2 aromatic rings.